The van der Waals surface area contributed by atoms with Crippen LogP contribution >= 0.6 is 0 Å². The first-order chi connectivity index (χ1) is 9.74. The van der Waals surface area contributed by atoms with E-state index in [1.54, 1.807) is 0 Å². The molecular weight excluding hydrogens is 244 g/mol. The van der Waals surface area contributed by atoms with Crippen LogP contribution in [0.25, 0.3) is 0 Å². The standard InChI is InChI=1S/C18H22N2/c1-14(2)19-11-15-7-5-6-10-18(15)20-12-16-8-3-4-9-17(16)13-20/h3-10,14,19H,11-13H2,1-2H3. The summed E-state index contributed by atoms with van der Waals surface area (Å²) >= 11 is 0. The molecular formula is C18H22N2. The van der Waals surface area contributed by atoms with Crippen molar-refractivity contribution >= 4 is 5.69 Å². The molecule has 0 atom stereocenters. The molecule has 0 saturated heterocycles. The highest BCUT2D eigenvalue weighted by Gasteiger charge is 2.20. The molecule has 0 unspecified atom stereocenters. The van der Waals surface area contributed by atoms with Gasteiger partial charge in [-0.15, -0.1) is 0 Å². The third-order valence-corrected chi connectivity index (χ3v) is 3.87. The van der Waals surface area contributed by atoms with Crippen molar-refractivity contribution in [3.8, 4) is 0 Å². The van der Waals surface area contributed by atoms with Crippen LogP contribution in [0.5, 0.6) is 0 Å². The minimum atomic E-state index is 0.513. The number of para-hydroxylation sites is 1. The number of nitrogens with zero attached hydrogens (tertiary/aromatic N) is 1. The molecule has 0 fully saturated rings. The Morgan fingerprint density at radius 3 is 2.20 bits per heavy atom. The average Bonchev–Trinajstić information content (AvgIpc) is 2.89. The highest BCUT2D eigenvalue weighted by molar-refractivity contribution is 5.57. The fourth-order valence-electron chi connectivity index (χ4n) is 2.79. The molecule has 1 aliphatic rings. The second-order valence-corrected chi connectivity index (χ2v) is 5.79. The summed E-state index contributed by atoms with van der Waals surface area (Å²) in [5, 5.41) is 3.52. The van der Waals surface area contributed by atoms with E-state index >= 15 is 0 Å². The average molecular weight is 266 g/mol. The minimum absolute atomic E-state index is 0.513. The molecule has 0 spiro atoms. The molecule has 104 valence electrons. The Labute approximate surface area is 121 Å². The number of nitrogens with one attached hydrogen (secondary N) is 1. The summed E-state index contributed by atoms with van der Waals surface area (Å²) in [6, 6.07) is 18.0. The largest absolute Gasteiger partial charge is 0.363 e. The molecule has 2 aromatic rings. The Kier molecular flexibility index (Phi) is 3.75. The van der Waals surface area contributed by atoms with Crippen molar-refractivity contribution in [3.05, 3.63) is 65.2 Å². The van der Waals surface area contributed by atoms with Gasteiger partial charge in [-0.1, -0.05) is 56.3 Å². The number of fused-ring (bicyclic) bond motifs is 1. The van der Waals surface area contributed by atoms with Crippen LogP contribution < -0.4 is 10.2 Å². The van der Waals surface area contributed by atoms with E-state index in [1.807, 2.05) is 0 Å². The maximum atomic E-state index is 3.52. The Morgan fingerprint density at radius 2 is 1.55 bits per heavy atom. The van der Waals surface area contributed by atoms with Crippen molar-refractivity contribution in [2.45, 2.75) is 39.5 Å². The quantitative estimate of drug-likeness (QED) is 0.907. The first-order valence-corrected chi connectivity index (χ1v) is 7.37. The first-order valence-electron chi connectivity index (χ1n) is 7.37. The highest BCUT2D eigenvalue weighted by Crippen LogP contribution is 2.30. The normalized spacial score (nSPS) is 13.8. The van der Waals surface area contributed by atoms with E-state index < -0.39 is 0 Å². The third kappa shape index (κ3) is 2.70. The molecule has 2 aromatic carbocycles. The van der Waals surface area contributed by atoms with Crippen LogP contribution in [0.4, 0.5) is 5.69 Å². The summed E-state index contributed by atoms with van der Waals surface area (Å²) in [5.41, 5.74) is 5.66. The van der Waals surface area contributed by atoms with Gasteiger partial charge in [0.2, 0.25) is 0 Å². The predicted molar refractivity (Wildman–Crippen MR) is 84.7 cm³/mol. The van der Waals surface area contributed by atoms with Crippen LogP contribution in [0.15, 0.2) is 48.5 Å². The van der Waals surface area contributed by atoms with Crippen molar-refractivity contribution in [1.82, 2.24) is 5.32 Å². The molecule has 0 aliphatic carbocycles. The van der Waals surface area contributed by atoms with Gasteiger partial charge in [0, 0.05) is 31.4 Å². The van der Waals surface area contributed by atoms with E-state index in [0.29, 0.717) is 6.04 Å². The smallest absolute Gasteiger partial charge is 0.0436 e. The van der Waals surface area contributed by atoms with E-state index in [4.69, 9.17) is 0 Å². The van der Waals surface area contributed by atoms with Gasteiger partial charge in [-0.3, -0.25) is 0 Å². The van der Waals surface area contributed by atoms with Crippen LogP contribution in [0, 0.1) is 0 Å². The third-order valence-electron chi connectivity index (χ3n) is 3.87. The van der Waals surface area contributed by atoms with Gasteiger partial charge in [0.15, 0.2) is 0 Å². The van der Waals surface area contributed by atoms with E-state index in [0.717, 1.165) is 19.6 Å². The fraction of sp³-hybridized carbons (Fsp3) is 0.333. The zero-order valence-corrected chi connectivity index (χ0v) is 12.3. The Bertz CT molecular complexity index is 564. The SMILES string of the molecule is CC(C)NCc1ccccc1N1Cc2ccccc2C1. The summed E-state index contributed by atoms with van der Waals surface area (Å²) in [7, 11) is 0. The summed E-state index contributed by atoms with van der Waals surface area (Å²) in [4.78, 5) is 2.47. The lowest BCUT2D eigenvalue weighted by molar-refractivity contribution is 0.588. The predicted octanol–water partition coefficient (Wildman–Crippen LogP) is 3.70. The maximum absolute atomic E-state index is 3.52. The highest BCUT2D eigenvalue weighted by atomic mass is 15.1. The molecule has 2 nitrogen and oxygen atoms in total. The van der Waals surface area contributed by atoms with Gasteiger partial charge in [-0.25, -0.2) is 0 Å². The van der Waals surface area contributed by atoms with Crippen LogP contribution in [0.1, 0.15) is 30.5 Å². The van der Waals surface area contributed by atoms with Crippen molar-refractivity contribution < 1.29 is 0 Å². The number of anilines is 1. The molecule has 1 N–H and O–H groups in total. The molecule has 0 radical (unpaired) electrons. The van der Waals surface area contributed by atoms with Gasteiger partial charge < -0.3 is 10.2 Å². The van der Waals surface area contributed by atoms with E-state index in [1.165, 1.54) is 22.4 Å². The lowest BCUT2D eigenvalue weighted by Crippen LogP contribution is -2.24. The van der Waals surface area contributed by atoms with E-state index in [-0.39, 0.29) is 0 Å². The number of rotatable bonds is 4. The zero-order chi connectivity index (χ0) is 13.9. The molecule has 2 heteroatoms. The molecule has 3 rings (SSSR count). The van der Waals surface area contributed by atoms with Gasteiger partial charge in [-0.05, 0) is 22.8 Å². The summed E-state index contributed by atoms with van der Waals surface area (Å²) in [6.07, 6.45) is 0. The fourth-order valence-corrected chi connectivity index (χ4v) is 2.79. The number of hydrogen-bond donors (Lipinski definition) is 1. The second kappa shape index (κ2) is 5.68. The minimum Gasteiger partial charge on any atom is -0.363 e. The van der Waals surface area contributed by atoms with Crippen molar-refractivity contribution in [2.24, 2.45) is 0 Å². The Morgan fingerprint density at radius 1 is 0.950 bits per heavy atom. The molecule has 0 bridgehead atoms. The van der Waals surface area contributed by atoms with E-state index in [9.17, 15) is 0 Å². The number of benzene rings is 2. The zero-order valence-electron chi connectivity index (χ0n) is 12.3. The molecule has 0 amide bonds. The molecule has 1 heterocycles. The molecule has 1 aliphatic heterocycles. The van der Waals surface area contributed by atoms with Crippen molar-refractivity contribution in [3.63, 3.8) is 0 Å². The topological polar surface area (TPSA) is 15.3 Å². The second-order valence-electron chi connectivity index (χ2n) is 5.79. The summed E-state index contributed by atoms with van der Waals surface area (Å²) in [6.45, 7) is 7.35. The van der Waals surface area contributed by atoms with Gasteiger partial charge >= 0.3 is 0 Å². The van der Waals surface area contributed by atoms with Crippen molar-refractivity contribution in [1.29, 1.82) is 0 Å². The van der Waals surface area contributed by atoms with Crippen LogP contribution in [0.2, 0.25) is 0 Å². The maximum Gasteiger partial charge on any atom is 0.0436 e. The van der Waals surface area contributed by atoms with Gasteiger partial charge in [-0.2, -0.15) is 0 Å². The number of hydrogen-bond acceptors (Lipinski definition) is 2. The molecule has 20 heavy (non-hydrogen) atoms. The van der Waals surface area contributed by atoms with Gasteiger partial charge in [0.25, 0.3) is 0 Å². The Hall–Kier alpha value is -1.80. The van der Waals surface area contributed by atoms with Gasteiger partial charge in [0.1, 0.15) is 0 Å². The lowest BCUT2D eigenvalue weighted by Gasteiger charge is -2.22. The van der Waals surface area contributed by atoms with Crippen LogP contribution in [0.3, 0.4) is 0 Å². The van der Waals surface area contributed by atoms with Gasteiger partial charge in [0.05, 0.1) is 0 Å². The monoisotopic (exact) mass is 266 g/mol. The lowest BCUT2D eigenvalue weighted by atomic mass is 10.1. The van der Waals surface area contributed by atoms with Crippen LogP contribution in [-0.4, -0.2) is 6.04 Å². The van der Waals surface area contributed by atoms with Crippen molar-refractivity contribution in [2.75, 3.05) is 4.90 Å². The van der Waals surface area contributed by atoms with Crippen LogP contribution in [-0.2, 0) is 19.6 Å². The first kappa shape index (κ1) is 13.2. The summed E-state index contributed by atoms with van der Waals surface area (Å²) in [5.74, 6) is 0. The Balaban J connectivity index is 1.82. The summed E-state index contributed by atoms with van der Waals surface area (Å²) < 4.78 is 0. The molecule has 0 aromatic heterocycles. The molecule has 0 saturated carbocycles. The van der Waals surface area contributed by atoms with E-state index in [2.05, 4.69) is 72.6 Å².